The first-order valence-electron chi connectivity index (χ1n) is 5.78. The molecule has 6 heteroatoms. The minimum atomic E-state index is -3.59. The van der Waals surface area contributed by atoms with Gasteiger partial charge in [0, 0.05) is 25.0 Å². The smallest absolute Gasteiger partial charge is 0.243 e. The van der Waals surface area contributed by atoms with Crippen LogP contribution in [0.3, 0.4) is 0 Å². The van der Waals surface area contributed by atoms with Crippen molar-refractivity contribution in [2.75, 3.05) is 13.1 Å². The van der Waals surface area contributed by atoms with E-state index in [2.05, 4.69) is 0 Å². The Kier molecular flexibility index (Phi) is 3.68. The van der Waals surface area contributed by atoms with Gasteiger partial charge in [-0.15, -0.1) is 0 Å². The SMILES string of the molecule is O=C([O-])[C@@H]1CCCN(S(=O)(=O)c2ccccc2)C1. The van der Waals surface area contributed by atoms with Gasteiger partial charge in [-0.25, -0.2) is 8.42 Å². The highest BCUT2D eigenvalue weighted by atomic mass is 32.2. The van der Waals surface area contributed by atoms with Gasteiger partial charge in [-0.05, 0) is 25.0 Å². The van der Waals surface area contributed by atoms with Crippen molar-refractivity contribution in [3.8, 4) is 0 Å². The van der Waals surface area contributed by atoms with Crippen LogP contribution in [0.1, 0.15) is 12.8 Å². The number of carboxylic acids is 1. The molecule has 2 rings (SSSR count). The maximum Gasteiger partial charge on any atom is 0.243 e. The van der Waals surface area contributed by atoms with Crippen LogP contribution in [0.4, 0.5) is 0 Å². The second-order valence-corrected chi connectivity index (χ2v) is 6.27. The number of rotatable bonds is 3. The fourth-order valence-electron chi connectivity index (χ4n) is 2.09. The summed E-state index contributed by atoms with van der Waals surface area (Å²) >= 11 is 0. The molecule has 1 atom stereocenters. The molecule has 1 aliphatic heterocycles. The summed E-state index contributed by atoms with van der Waals surface area (Å²) in [5, 5.41) is 10.8. The number of sulfonamides is 1. The van der Waals surface area contributed by atoms with Crippen LogP contribution in [-0.4, -0.2) is 31.8 Å². The summed E-state index contributed by atoms with van der Waals surface area (Å²) in [6.45, 7) is 0.362. The number of carboxylic acid groups (broad SMARTS) is 1. The molecule has 0 aliphatic carbocycles. The molecule has 0 amide bonds. The molecule has 0 radical (unpaired) electrons. The summed E-state index contributed by atoms with van der Waals surface area (Å²) in [4.78, 5) is 11.0. The Morgan fingerprint density at radius 2 is 1.94 bits per heavy atom. The van der Waals surface area contributed by atoms with Crippen molar-refractivity contribution in [2.24, 2.45) is 5.92 Å². The van der Waals surface area contributed by atoms with Crippen molar-refractivity contribution in [3.63, 3.8) is 0 Å². The third-order valence-corrected chi connectivity index (χ3v) is 4.98. The Morgan fingerprint density at radius 1 is 1.28 bits per heavy atom. The number of hydrogen-bond donors (Lipinski definition) is 0. The molecular weight excluding hydrogens is 254 g/mol. The van der Waals surface area contributed by atoms with E-state index in [-0.39, 0.29) is 11.4 Å². The van der Waals surface area contributed by atoms with Gasteiger partial charge >= 0.3 is 0 Å². The lowest BCUT2D eigenvalue weighted by Crippen LogP contribution is -2.46. The molecule has 1 heterocycles. The van der Waals surface area contributed by atoms with Crippen LogP contribution < -0.4 is 5.11 Å². The maximum atomic E-state index is 12.3. The van der Waals surface area contributed by atoms with Crippen LogP contribution in [-0.2, 0) is 14.8 Å². The second kappa shape index (κ2) is 5.07. The average Bonchev–Trinajstić information content (AvgIpc) is 2.40. The van der Waals surface area contributed by atoms with E-state index in [4.69, 9.17) is 0 Å². The Hall–Kier alpha value is -1.40. The van der Waals surface area contributed by atoms with Gasteiger partial charge < -0.3 is 9.90 Å². The van der Waals surface area contributed by atoms with Crippen LogP contribution >= 0.6 is 0 Å². The molecule has 0 unspecified atom stereocenters. The summed E-state index contributed by atoms with van der Waals surface area (Å²) in [7, 11) is -3.59. The summed E-state index contributed by atoms with van der Waals surface area (Å²) in [6, 6.07) is 8.05. The number of aliphatic carboxylic acids is 1. The highest BCUT2D eigenvalue weighted by molar-refractivity contribution is 7.89. The van der Waals surface area contributed by atoms with Gasteiger partial charge in [-0.1, -0.05) is 18.2 Å². The zero-order valence-electron chi connectivity index (χ0n) is 9.78. The van der Waals surface area contributed by atoms with Gasteiger partial charge in [0.1, 0.15) is 0 Å². The van der Waals surface area contributed by atoms with Gasteiger partial charge in [0.15, 0.2) is 0 Å². The van der Waals surface area contributed by atoms with Gasteiger partial charge in [-0.2, -0.15) is 4.31 Å². The molecular formula is C12H14NO4S-. The van der Waals surface area contributed by atoms with Crippen molar-refractivity contribution in [2.45, 2.75) is 17.7 Å². The molecule has 98 valence electrons. The van der Waals surface area contributed by atoms with E-state index >= 15 is 0 Å². The molecule has 0 N–H and O–H groups in total. The molecule has 1 saturated heterocycles. The van der Waals surface area contributed by atoms with E-state index in [1.165, 1.54) is 16.4 Å². The van der Waals surface area contributed by atoms with Crippen LogP contribution in [0.15, 0.2) is 35.2 Å². The molecule has 0 saturated carbocycles. The molecule has 5 nitrogen and oxygen atoms in total. The second-order valence-electron chi connectivity index (χ2n) is 4.33. The lowest BCUT2D eigenvalue weighted by Gasteiger charge is -2.32. The lowest BCUT2D eigenvalue weighted by molar-refractivity contribution is -0.312. The Balaban J connectivity index is 2.23. The third kappa shape index (κ3) is 2.54. The molecule has 1 aromatic rings. The first kappa shape index (κ1) is 13.0. The van der Waals surface area contributed by atoms with E-state index in [9.17, 15) is 18.3 Å². The van der Waals surface area contributed by atoms with Crippen LogP contribution in [0.2, 0.25) is 0 Å². The van der Waals surface area contributed by atoms with E-state index in [1.807, 2.05) is 0 Å². The summed E-state index contributed by atoms with van der Waals surface area (Å²) in [5.41, 5.74) is 0. The molecule has 0 spiro atoms. The summed E-state index contributed by atoms with van der Waals surface area (Å²) < 4.78 is 25.8. The number of piperidine rings is 1. The first-order valence-corrected chi connectivity index (χ1v) is 7.22. The number of benzene rings is 1. The quantitative estimate of drug-likeness (QED) is 0.763. The van der Waals surface area contributed by atoms with Crippen molar-refractivity contribution < 1.29 is 18.3 Å². The molecule has 0 aromatic heterocycles. The topological polar surface area (TPSA) is 77.5 Å². The zero-order valence-corrected chi connectivity index (χ0v) is 10.6. The minimum Gasteiger partial charge on any atom is -0.550 e. The predicted molar refractivity (Wildman–Crippen MR) is 62.9 cm³/mol. The number of nitrogens with zero attached hydrogens (tertiary/aromatic N) is 1. The van der Waals surface area contributed by atoms with Crippen LogP contribution in [0.25, 0.3) is 0 Å². The third-order valence-electron chi connectivity index (χ3n) is 3.10. The van der Waals surface area contributed by atoms with Crippen LogP contribution in [0, 0.1) is 5.92 Å². The minimum absolute atomic E-state index is 0.000436. The molecule has 0 bridgehead atoms. The first-order chi connectivity index (χ1) is 8.51. The van der Waals surface area contributed by atoms with Crippen molar-refractivity contribution in [1.29, 1.82) is 0 Å². The lowest BCUT2D eigenvalue weighted by atomic mass is 10.0. The number of carbonyl (C=O) groups excluding carboxylic acids is 1. The number of carbonyl (C=O) groups is 1. The standard InChI is InChI=1S/C12H15NO4S/c14-12(15)10-5-4-8-13(9-10)18(16,17)11-6-2-1-3-7-11/h1-3,6-7,10H,4-5,8-9H2,(H,14,15)/p-1/t10-/m1/s1. The predicted octanol–water partition coefficient (Wildman–Crippen LogP) is -0.163. The fourth-order valence-corrected chi connectivity index (χ4v) is 3.64. The Morgan fingerprint density at radius 3 is 2.56 bits per heavy atom. The molecule has 1 aliphatic rings. The van der Waals surface area contributed by atoms with Gasteiger partial charge in [-0.3, -0.25) is 0 Å². The normalized spacial score (nSPS) is 21.7. The van der Waals surface area contributed by atoms with Gasteiger partial charge in [0.05, 0.1) is 4.90 Å². The maximum absolute atomic E-state index is 12.3. The highest BCUT2D eigenvalue weighted by Crippen LogP contribution is 2.23. The van der Waals surface area contributed by atoms with E-state index in [0.717, 1.165) is 0 Å². The number of hydrogen-bond acceptors (Lipinski definition) is 4. The van der Waals surface area contributed by atoms with E-state index in [0.29, 0.717) is 19.4 Å². The Labute approximate surface area is 106 Å². The van der Waals surface area contributed by atoms with Crippen molar-refractivity contribution >= 4 is 16.0 Å². The van der Waals surface area contributed by atoms with Crippen molar-refractivity contribution in [3.05, 3.63) is 30.3 Å². The van der Waals surface area contributed by atoms with Gasteiger partial charge in [0.2, 0.25) is 10.0 Å². The van der Waals surface area contributed by atoms with Crippen molar-refractivity contribution in [1.82, 2.24) is 4.31 Å². The van der Waals surface area contributed by atoms with Gasteiger partial charge in [0.25, 0.3) is 0 Å². The van der Waals surface area contributed by atoms with E-state index in [1.54, 1.807) is 18.2 Å². The largest absolute Gasteiger partial charge is 0.550 e. The molecule has 1 aromatic carbocycles. The average molecular weight is 268 g/mol. The Bertz CT molecular complexity index is 526. The fraction of sp³-hybridized carbons (Fsp3) is 0.417. The zero-order chi connectivity index (χ0) is 13.2. The van der Waals surface area contributed by atoms with E-state index < -0.39 is 21.9 Å². The summed E-state index contributed by atoms with van der Waals surface area (Å²) in [6.07, 6.45) is 1.02. The summed E-state index contributed by atoms with van der Waals surface area (Å²) in [5.74, 6) is -1.89. The molecule has 1 fully saturated rings. The van der Waals surface area contributed by atoms with Crippen LogP contribution in [0.5, 0.6) is 0 Å². The highest BCUT2D eigenvalue weighted by Gasteiger charge is 2.30. The monoisotopic (exact) mass is 268 g/mol. The molecule has 18 heavy (non-hydrogen) atoms.